The zero-order valence-electron chi connectivity index (χ0n) is 9.54. The maximum absolute atomic E-state index is 13.1. The molecule has 1 aromatic heterocycles. The molecule has 0 saturated heterocycles. The third-order valence-corrected chi connectivity index (χ3v) is 2.43. The van der Waals surface area contributed by atoms with E-state index in [-0.39, 0.29) is 5.69 Å². The molecule has 0 N–H and O–H groups in total. The second-order valence-electron chi connectivity index (χ2n) is 3.76. The highest BCUT2D eigenvalue weighted by Crippen LogP contribution is 2.20. The fraction of sp³-hybridized carbons (Fsp3) is 0.167. The number of aryl methyl sites for hydroxylation is 1. The minimum atomic E-state index is -1.07. The summed E-state index contributed by atoms with van der Waals surface area (Å²) in [4.78, 5) is 12.0. The smallest absolute Gasteiger partial charge is 0.206 e. The fourth-order valence-electron chi connectivity index (χ4n) is 1.58. The largest absolute Gasteiger partial charge is 0.290 e. The molecule has 0 saturated carbocycles. The summed E-state index contributed by atoms with van der Waals surface area (Å²) in [5, 5.41) is 16.3. The van der Waals surface area contributed by atoms with E-state index in [1.165, 1.54) is 35.1 Å². The molecule has 6 heteroatoms. The average Bonchev–Trinajstić information content (AvgIpc) is 2.77. The number of rotatable bonds is 3. The van der Waals surface area contributed by atoms with Gasteiger partial charge in [-0.3, -0.25) is 9.48 Å². The first-order valence-corrected chi connectivity index (χ1v) is 5.17. The van der Waals surface area contributed by atoms with Crippen molar-refractivity contribution in [2.24, 2.45) is 7.05 Å². The average molecular weight is 244 g/mol. The van der Waals surface area contributed by atoms with Gasteiger partial charge in [-0.15, -0.1) is 5.10 Å². The molecule has 0 bridgehead atoms. The highest BCUT2D eigenvalue weighted by atomic mass is 19.1. The SMILES string of the molecule is Cn1cc(C(=O)C(C#N)c2cccc(F)c2)nn1. The summed E-state index contributed by atoms with van der Waals surface area (Å²) in [6, 6.07) is 7.27. The maximum Gasteiger partial charge on any atom is 0.206 e. The minimum absolute atomic E-state index is 0.0910. The molecule has 5 nitrogen and oxygen atoms in total. The summed E-state index contributed by atoms with van der Waals surface area (Å²) in [5.74, 6) is -2.05. The van der Waals surface area contributed by atoms with Crippen molar-refractivity contribution in [3.63, 3.8) is 0 Å². The Hall–Kier alpha value is -2.55. The van der Waals surface area contributed by atoms with Crippen molar-refractivity contribution in [1.82, 2.24) is 15.0 Å². The van der Waals surface area contributed by atoms with Gasteiger partial charge in [0.1, 0.15) is 17.4 Å². The van der Waals surface area contributed by atoms with E-state index in [2.05, 4.69) is 10.3 Å². The van der Waals surface area contributed by atoms with E-state index < -0.39 is 17.5 Å². The molecule has 18 heavy (non-hydrogen) atoms. The highest BCUT2D eigenvalue weighted by Gasteiger charge is 2.24. The Balaban J connectivity index is 2.35. The summed E-state index contributed by atoms with van der Waals surface area (Å²) < 4.78 is 14.4. The topological polar surface area (TPSA) is 71.6 Å². The third-order valence-electron chi connectivity index (χ3n) is 2.43. The Morgan fingerprint density at radius 3 is 2.89 bits per heavy atom. The van der Waals surface area contributed by atoms with Crippen LogP contribution in [0, 0.1) is 17.1 Å². The van der Waals surface area contributed by atoms with Gasteiger partial charge in [-0.1, -0.05) is 17.3 Å². The second-order valence-corrected chi connectivity index (χ2v) is 3.76. The normalized spacial score (nSPS) is 11.8. The Bertz CT molecular complexity index is 629. The molecule has 1 atom stereocenters. The molecule has 0 amide bonds. The molecule has 90 valence electrons. The van der Waals surface area contributed by atoms with Gasteiger partial charge >= 0.3 is 0 Å². The summed E-state index contributed by atoms with van der Waals surface area (Å²) in [6.07, 6.45) is 1.42. The van der Waals surface area contributed by atoms with Gasteiger partial charge in [0.05, 0.1) is 12.3 Å². The Morgan fingerprint density at radius 1 is 1.56 bits per heavy atom. The number of carbonyl (C=O) groups is 1. The van der Waals surface area contributed by atoms with Gasteiger partial charge < -0.3 is 0 Å². The molecule has 0 fully saturated rings. The molecule has 0 aliphatic rings. The molecular formula is C12H9FN4O. The highest BCUT2D eigenvalue weighted by molar-refractivity contribution is 6.00. The zero-order valence-corrected chi connectivity index (χ0v) is 9.54. The van der Waals surface area contributed by atoms with Crippen LogP contribution in [-0.4, -0.2) is 20.8 Å². The second kappa shape index (κ2) is 4.75. The fourth-order valence-corrected chi connectivity index (χ4v) is 1.58. The number of aromatic nitrogens is 3. The van der Waals surface area contributed by atoms with Gasteiger partial charge in [0.2, 0.25) is 5.78 Å². The van der Waals surface area contributed by atoms with Crippen LogP contribution >= 0.6 is 0 Å². The van der Waals surface area contributed by atoms with Crippen molar-refractivity contribution >= 4 is 5.78 Å². The van der Waals surface area contributed by atoms with Crippen LogP contribution < -0.4 is 0 Å². The van der Waals surface area contributed by atoms with E-state index in [1.807, 2.05) is 6.07 Å². The minimum Gasteiger partial charge on any atom is -0.290 e. The maximum atomic E-state index is 13.1. The summed E-state index contributed by atoms with van der Waals surface area (Å²) in [7, 11) is 1.62. The van der Waals surface area contributed by atoms with E-state index in [1.54, 1.807) is 7.05 Å². The van der Waals surface area contributed by atoms with Crippen molar-refractivity contribution in [1.29, 1.82) is 5.26 Å². The first kappa shape index (κ1) is 11.9. The van der Waals surface area contributed by atoms with E-state index in [9.17, 15) is 9.18 Å². The van der Waals surface area contributed by atoms with Crippen molar-refractivity contribution in [3.05, 3.63) is 47.5 Å². The van der Waals surface area contributed by atoms with Crippen molar-refractivity contribution in [2.75, 3.05) is 0 Å². The standard InChI is InChI=1S/C12H9FN4O/c1-17-7-11(15-16-17)12(18)10(6-14)8-3-2-4-9(13)5-8/h2-5,7,10H,1H3. The van der Waals surface area contributed by atoms with Gasteiger partial charge in [-0.05, 0) is 17.7 Å². The zero-order chi connectivity index (χ0) is 13.1. The molecule has 2 rings (SSSR count). The lowest BCUT2D eigenvalue weighted by Gasteiger charge is -2.06. The van der Waals surface area contributed by atoms with E-state index in [0.29, 0.717) is 5.56 Å². The van der Waals surface area contributed by atoms with Gasteiger partial charge in [0, 0.05) is 7.05 Å². The number of Topliss-reactive ketones (excluding diaryl/α,β-unsaturated/α-hetero) is 1. The van der Waals surface area contributed by atoms with Gasteiger partial charge in [0.25, 0.3) is 0 Å². The lowest BCUT2D eigenvalue weighted by atomic mass is 9.94. The first-order valence-electron chi connectivity index (χ1n) is 5.17. The molecule has 0 aliphatic carbocycles. The predicted molar refractivity (Wildman–Crippen MR) is 60.1 cm³/mol. The molecule has 2 aromatic rings. The molecule has 1 aromatic carbocycles. The van der Waals surface area contributed by atoms with Gasteiger partial charge in [-0.25, -0.2) is 4.39 Å². The predicted octanol–water partition coefficient (Wildman–Crippen LogP) is 1.44. The van der Waals surface area contributed by atoms with Crippen LogP contribution in [0.15, 0.2) is 30.5 Å². The van der Waals surface area contributed by atoms with Crippen molar-refractivity contribution in [2.45, 2.75) is 5.92 Å². The van der Waals surface area contributed by atoms with Crippen LogP contribution in [0.4, 0.5) is 4.39 Å². The Labute approximate surface area is 102 Å². The monoisotopic (exact) mass is 244 g/mol. The molecule has 1 heterocycles. The number of hydrogen-bond acceptors (Lipinski definition) is 4. The number of nitriles is 1. The van der Waals surface area contributed by atoms with E-state index >= 15 is 0 Å². The molecular weight excluding hydrogens is 235 g/mol. The number of nitrogens with zero attached hydrogens (tertiary/aromatic N) is 4. The first-order chi connectivity index (χ1) is 8.61. The van der Waals surface area contributed by atoms with E-state index in [4.69, 9.17) is 5.26 Å². The van der Waals surface area contributed by atoms with Crippen LogP contribution in [0.25, 0.3) is 0 Å². The Kier molecular flexibility index (Phi) is 3.15. The number of hydrogen-bond donors (Lipinski definition) is 0. The number of ketones is 1. The van der Waals surface area contributed by atoms with Crippen LogP contribution in [0.5, 0.6) is 0 Å². The summed E-state index contributed by atoms with van der Waals surface area (Å²) >= 11 is 0. The summed E-state index contributed by atoms with van der Waals surface area (Å²) in [6.45, 7) is 0. The third kappa shape index (κ3) is 2.25. The van der Waals surface area contributed by atoms with Gasteiger partial charge in [-0.2, -0.15) is 5.26 Å². The van der Waals surface area contributed by atoms with Crippen molar-refractivity contribution < 1.29 is 9.18 Å². The molecule has 0 spiro atoms. The number of halogens is 1. The lowest BCUT2D eigenvalue weighted by molar-refractivity contribution is 0.0974. The van der Waals surface area contributed by atoms with Crippen LogP contribution in [-0.2, 0) is 7.05 Å². The number of benzene rings is 1. The quantitative estimate of drug-likeness (QED) is 0.766. The lowest BCUT2D eigenvalue weighted by Crippen LogP contribution is -2.12. The number of carbonyl (C=O) groups excluding carboxylic acids is 1. The van der Waals surface area contributed by atoms with E-state index in [0.717, 1.165) is 0 Å². The van der Waals surface area contributed by atoms with Crippen LogP contribution in [0.1, 0.15) is 22.0 Å². The molecule has 0 aliphatic heterocycles. The van der Waals surface area contributed by atoms with Gasteiger partial charge in [0.15, 0.2) is 0 Å². The summed E-state index contributed by atoms with van der Waals surface area (Å²) in [5.41, 5.74) is 0.404. The van der Waals surface area contributed by atoms with Crippen LogP contribution in [0.2, 0.25) is 0 Å². The molecule has 1 unspecified atom stereocenters. The Morgan fingerprint density at radius 2 is 2.33 bits per heavy atom. The van der Waals surface area contributed by atoms with Crippen molar-refractivity contribution in [3.8, 4) is 6.07 Å². The van der Waals surface area contributed by atoms with Crippen LogP contribution in [0.3, 0.4) is 0 Å². The molecule has 0 radical (unpaired) electrons.